The Morgan fingerprint density at radius 3 is 2.71 bits per heavy atom. The van der Waals surface area contributed by atoms with Crippen LogP contribution in [-0.2, 0) is 9.59 Å². The Kier molecular flexibility index (Phi) is 8.91. The number of allylic oxidation sites excluding steroid dienone is 3. The molecule has 1 aliphatic rings. The molecule has 1 aliphatic carbocycles. The van der Waals surface area contributed by atoms with E-state index in [1.165, 1.54) is 0 Å². The second-order valence-corrected chi connectivity index (χ2v) is 7.00. The van der Waals surface area contributed by atoms with Gasteiger partial charge in [-0.1, -0.05) is 42.5 Å². The summed E-state index contributed by atoms with van der Waals surface area (Å²) in [4.78, 5) is 22.7. The molecule has 1 aromatic rings. The third-order valence-electron chi connectivity index (χ3n) is 4.78. The molecule has 0 saturated heterocycles. The van der Waals surface area contributed by atoms with Gasteiger partial charge in [-0.3, -0.25) is 9.59 Å². The molecule has 1 aromatic carbocycles. The summed E-state index contributed by atoms with van der Waals surface area (Å²) in [6, 6.07) is 9.16. The van der Waals surface area contributed by atoms with Crippen molar-refractivity contribution in [2.24, 2.45) is 11.8 Å². The number of aliphatic hydroxyl groups is 2. The Hall–Kier alpha value is -2.44. The average Bonchev–Trinajstić information content (AvgIpc) is 2.94. The van der Waals surface area contributed by atoms with Crippen LogP contribution in [0.4, 0.5) is 0 Å². The monoisotopic (exact) mass is 388 g/mol. The minimum atomic E-state index is -0.849. The van der Waals surface area contributed by atoms with E-state index < -0.39 is 24.1 Å². The van der Waals surface area contributed by atoms with Crippen molar-refractivity contribution >= 4 is 11.8 Å². The Labute approximate surface area is 165 Å². The highest BCUT2D eigenvalue weighted by atomic mass is 16.5. The molecular formula is C22H28O6. The smallest absolute Gasteiger partial charge is 0.303 e. The van der Waals surface area contributed by atoms with Gasteiger partial charge in [0.2, 0.25) is 0 Å². The molecule has 6 heteroatoms. The van der Waals surface area contributed by atoms with Crippen LogP contribution in [0.2, 0.25) is 0 Å². The fraction of sp³-hybridized carbons (Fsp3) is 0.455. The van der Waals surface area contributed by atoms with E-state index in [1.54, 1.807) is 24.3 Å². The molecule has 0 bridgehead atoms. The SMILES string of the molecule is O=C(O)CCC/C=C\C[C@H]1[C@@H](O)CC(=O)[C@@H]1/C=C/[C@H](O)COc1ccccc1. The maximum absolute atomic E-state index is 12.2. The van der Waals surface area contributed by atoms with Gasteiger partial charge in [-0.15, -0.1) is 0 Å². The number of aliphatic carboxylic acids is 1. The van der Waals surface area contributed by atoms with Crippen LogP contribution < -0.4 is 4.74 Å². The van der Waals surface area contributed by atoms with Crippen LogP contribution >= 0.6 is 0 Å². The van der Waals surface area contributed by atoms with Crippen LogP contribution in [0.15, 0.2) is 54.6 Å². The van der Waals surface area contributed by atoms with Gasteiger partial charge in [0.15, 0.2) is 0 Å². The zero-order valence-electron chi connectivity index (χ0n) is 15.8. The number of hydrogen-bond donors (Lipinski definition) is 3. The van der Waals surface area contributed by atoms with Crippen LogP contribution in [0.25, 0.3) is 0 Å². The number of carbonyl (C=O) groups is 2. The summed E-state index contributed by atoms with van der Waals surface area (Å²) in [5.74, 6) is -0.866. The first-order chi connectivity index (χ1) is 13.5. The van der Waals surface area contributed by atoms with Crippen molar-refractivity contribution in [3.63, 3.8) is 0 Å². The van der Waals surface area contributed by atoms with Crippen LogP contribution in [0.5, 0.6) is 5.75 Å². The first-order valence-corrected chi connectivity index (χ1v) is 9.59. The van der Waals surface area contributed by atoms with Gasteiger partial charge in [0, 0.05) is 24.7 Å². The fourth-order valence-electron chi connectivity index (χ4n) is 3.27. The van der Waals surface area contributed by atoms with Gasteiger partial charge >= 0.3 is 5.97 Å². The maximum Gasteiger partial charge on any atom is 0.303 e. The number of ether oxygens (including phenoxy) is 1. The number of carboxylic acid groups (broad SMARTS) is 1. The number of carboxylic acids is 1. The Morgan fingerprint density at radius 1 is 1.25 bits per heavy atom. The third kappa shape index (κ3) is 7.29. The molecule has 2 rings (SSSR count). The Balaban J connectivity index is 1.82. The number of Topliss-reactive ketones (excluding diaryl/α,β-unsaturated/α-hetero) is 1. The van der Waals surface area contributed by atoms with Gasteiger partial charge in [-0.25, -0.2) is 0 Å². The molecular weight excluding hydrogens is 360 g/mol. The molecule has 0 heterocycles. The third-order valence-corrected chi connectivity index (χ3v) is 4.78. The minimum absolute atomic E-state index is 0.0378. The normalized spacial score (nSPS) is 23.5. The highest BCUT2D eigenvalue weighted by Gasteiger charge is 2.39. The van der Waals surface area contributed by atoms with E-state index in [9.17, 15) is 19.8 Å². The highest BCUT2D eigenvalue weighted by molar-refractivity contribution is 5.86. The molecule has 0 unspecified atom stereocenters. The number of ketones is 1. The van der Waals surface area contributed by atoms with E-state index in [-0.39, 0.29) is 31.1 Å². The van der Waals surface area contributed by atoms with Gasteiger partial charge in [-0.05, 0) is 31.4 Å². The van der Waals surface area contributed by atoms with E-state index in [2.05, 4.69) is 0 Å². The lowest BCUT2D eigenvalue weighted by Crippen LogP contribution is -2.20. The predicted octanol–water partition coefficient (Wildman–Crippen LogP) is 2.75. The largest absolute Gasteiger partial charge is 0.491 e. The summed E-state index contributed by atoms with van der Waals surface area (Å²) >= 11 is 0. The van der Waals surface area contributed by atoms with Crippen LogP contribution in [-0.4, -0.2) is 45.9 Å². The number of benzene rings is 1. The van der Waals surface area contributed by atoms with Gasteiger partial charge < -0.3 is 20.1 Å². The standard InChI is InChI=1S/C22H28O6/c23-16(15-28-17-8-4-3-5-9-17)12-13-19-18(20(24)14-21(19)25)10-6-1-2-7-11-22(26)27/h1,3-6,8-9,12-13,16,18-20,23-24H,2,7,10-11,14-15H2,(H,26,27)/b6-1-,13-12+/t16-,18+,19+,20-/m0/s1. The molecule has 152 valence electrons. The molecule has 1 fully saturated rings. The van der Waals surface area contributed by atoms with Crippen LogP contribution in [0, 0.1) is 11.8 Å². The summed E-state index contributed by atoms with van der Waals surface area (Å²) in [5, 5.41) is 28.9. The molecule has 1 saturated carbocycles. The van der Waals surface area contributed by atoms with Crippen LogP contribution in [0.1, 0.15) is 32.1 Å². The summed E-state index contributed by atoms with van der Waals surface area (Å²) < 4.78 is 5.49. The molecule has 28 heavy (non-hydrogen) atoms. The van der Waals surface area contributed by atoms with Crippen molar-refractivity contribution in [1.29, 1.82) is 0 Å². The number of aliphatic hydroxyl groups excluding tert-OH is 2. The van der Waals surface area contributed by atoms with E-state index in [0.29, 0.717) is 25.0 Å². The van der Waals surface area contributed by atoms with Crippen molar-refractivity contribution in [1.82, 2.24) is 0 Å². The van der Waals surface area contributed by atoms with Crippen molar-refractivity contribution in [2.45, 2.75) is 44.3 Å². The second kappa shape index (κ2) is 11.4. The van der Waals surface area contributed by atoms with E-state index in [0.717, 1.165) is 0 Å². The van der Waals surface area contributed by atoms with Gasteiger partial charge in [0.05, 0.1) is 6.10 Å². The molecule has 0 aromatic heterocycles. The quantitative estimate of drug-likeness (QED) is 0.398. The topological polar surface area (TPSA) is 104 Å². The first-order valence-electron chi connectivity index (χ1n) is 9.59. The number of unbranched alkanes of at least 4 members (excludes halogenated alkanes) is 1. The molecule has 3 N–H and O–H groups in total. The predicted molar refractivity (Wildman–Crippen MR) is 105 cm³/mol. The molecule has 4 atom stereocenters. The first kappa shape index (κ1) is 21.9. The summed E-state index contributed by atoms with van der Waals surface area (Å²) in [5.41, 5.74) is 0. The molecule has 0 aliphatic heterocycles. The molecule has 0 spiro atoms. The zero-order valence-corrected chi connectivity index (χ0v) is 15.8. The molecule has 0 amide bonds. The van der Waals surface area contributed by atoms with Gasteiger partial charge in [-0.2, -0.15) is 0 Å². The minimum Gasteiger partial charge on any atom is -0.491 e. The number of rotatable bonds is 11. The van der Waals surface area contributed by atoms with Gasteiger partial charge in [0.25, 0.3) is 0 Å². The molecule has 0 radical (unpaired) electrons. The second-order valence-electron chi connectivity index (χ2n) is 7.00. The lowest BCUT2D eigenvalue weighted by Gasteiger charge is -2.17. The Bertz CT molecular complexity index is 682. The Morgan fingerprint density at radius 2 is 2.00 bits per heavy atom. The summed E-state index contributed by atoms with van der Waals surface area (Å²) in [7, 11) is 0. The fourth-order valence-corrected chi connectivity index (χ4v) is 3.27. The van der Waals surface area contributed by atoms with E-state index in [1.807, 2.05) is 30.4 Å². The van der Waals surface area contributed by atoms with Crippen LogP contribution in [0.3, 0.4) is 0 Å². The van der Waals surface area contributed by atoms with Crippen molar-refractivity contribution in [3.8, 4) is 5.75 Å². The van der Waals surface area contributed by atoms with Gasteiger partial charge in [0.1, 0.15) is 24.2 Å². The number of para-hydroxylation sites is 1. The zero-order chi connectivity index (χ0) is 20.4. The molecule has 6 nitrogen and oxygen atoms in total. The maximum atomic E-state index is 12.2. The average molecular weight is 388 g/mol. The van der Waals surface area contributed by atoms with E-state index >= 15 is 0 Å². The number of hydrogen-bond acceptors (Lipinski definition) is 5. The highest BCUT2D eigenvalue weighted by Crippen LogP contribution is 2.33. The number of carbonyl (C=O) groups excluding carboxylic acids is 1. The lowest BCUT2D eigenvalue weighted by molar-refractivity contribution is -0.137. The van der Waals surface area contributed by atoms with Crippen molar-refractivity contribution in [3.05, 3.63) is 54.6 Å². The summed E-state index contributed by atoms with van der Waals surface area (Å²) in [6.07, 6.45) is 7.44. The van der Waals surface area contributed by atoms with Crippen molar-refractivity contribution in [2.75, 3.05) is 6.61 Å². The summed E-state index contributed by atoms with van der Waals surface area (Å²) in [6.45, 7) is 0.0815. The lowest BCUT2D eigenvalue weighted by atomic mass is 9.90. The van der Waals surface area contributed by atoms with E-state index in [4.69, 9.17) is 9.84 Å². The van der Waals surface area contributed by atoms with Crippen molar-refractivity contribution < 1.29 is 29.6 Å².